The van der Waals surface area contributed by atoms with Crippen LogP contribution in [0.1, 0.15) is 36.6 Å². The van der Waals surface area contributed by atoms with E-state index in [1.807, 2.05) is 30.3 Å². The summed E-state index contributed by atoms with van der Waals surface area (Å²) in [6, 6.07) is 13.2. The number of nitrogens with zero attached hydrogens (tertiary/aromatic N) is 1. The van der Waals surface area contributed by atoms with Gasteiger partial charge in [-0.2, -0.15) is 0 Å². The number of carbonyl (C=O) groups is 4. The monoisotopic (exact) mass is 353 g/mol. The number of imide groups is 1. The van der Waals surface area contributed by atoms with Gasteiger partial charge in [-0.25, -0.2) is 9.59 Å². The van der Waals surface area contributed by atoms with Crippen molar-refractivity contribution in [2.24, 2.45) is 0 Å². The summed E-state index contributed by atoms with van der Waals surface area (Å²) in [4.78, 5) is 49.2. The lowest BCUT2D eigenvalue weighted by Crippen LogP contribution is -2.29. The Bertz CT molecular complexity index is 890. The number of carbonyl (C=O) groups excluding carboxylic acids is 4. The van der Waals surface area contributed by atoms with Gasteiger partial charge >= 0.3 is 11.9 Å². The molecule has 3 rings (SSSR count). The molecule has 0 saturated heterocycles. The summed E-state index contributed by atoms with van der Waals surface area (Å²) < 4.78 is 9.19. The number of benzene rings is 2. The van der Waals surface area contributed by atoms with E-state index in [2.05, 4.69) is 4.74 Å². The van der Waals surface area contributed by atoms with Crippen LogP contribution in [0, 0.1) is 0 Å². The molecule has 0 spiro atoms. The molecule has 2 aromatic carbocycles. The highest BCUT2D eigenvalue weighted by Gasteiger charge is 2.36. The SMILES string of the molecule is COC(=O)COC(=O)c1ccc2c(c1)C(=O)N(Cc1ccccc1)C2=O. The van der Waals surface area contributed by atoms with Crippen molar-refractivity contribution in [3.05, 3.63) is 70.8 Å². The second kappa shape index (κ2) is 7.18. The van der Waals surface area contributed by atoms with Crippen LogP contribution in [0.15, 0.2) is 48.5 Å². The van der Waals surface area contributed by atoms with Crippen LogP contribution in [-0.2, 0) is 20.8 Å². The Labute approximate surface area is 149 Å². The smallest absolute Gasteiger partial charge is 0.344 e. The number of rotatable bonds is 5. The molecule has 0 fully saturated rings. The summed E-state index contributed by atoms with van der Waals surface area (Å²) >= 11 is 0. The van der Waals surface area contributed by atoms with Crippen molar-refractivity contribution in [1.82, 2.24) is 4.90 Å². The molecule has 1 aliphatic rings. The van der Waals surface area contributed by atoms with Crippen molar-refractivity contribution < 1.29 is 28.7 Å². The van der Waals surface area contributed by atoms with Gasteiger partial charge in [0.25, 0.3) is 11.8 Å². The minimum absolute atomic E-state index is 0.0790. The molecule has 0 atom stereocenters. The first-order valence-corrected chi connectivity index (χ1v) is 7.79. The van der Waals surface area contributed by atoms with Gasteiger partial charge in [-0.05, 0) is 23.8 Å². The number of amides is 2. The van der Waals surface area contributed by atoms with E-state index in [1.165, 1.54) is 25.3 Å². The average molecular weight is 353 g/mol. The van der Waals surface area contributed by atoms with Crippen LogP contribution in [0.3, 0.4) is 0 Å². The Balaban J connectivity index is 1.79. The van der Waals surface area contributed by atoms with E-state index in [-0.39, 0.29) is 23.2 Å². The van der Waals surface area contributed by atoms with Gasteiger partial charge in [0.2, 0.25) is 0 Å². The number of ether oxygens (including phenoxy) is 2. The van der Waals surface area contributed by atoms with Crippen molar-refractivity contribution in [3.63, 3.8) is 0 Å². The fraction of sp³-hybridized carbons (Fsp3) is 0.158. The van der Waals surface area contributed by atoms with Gasteiger partial charge in [-0.3, -0.25) is 14.5 Å². The molecule has 7 heteroatoms. The fourth-order valence-corrected chi connectivity index (χ4v) is 2.59. The summed E-state index contributed by atoms with van der Waals surface area (Å²) in [5, 5.41) is 0. The van der Waals surface area contributed by atoms with E-state index in [9.17, 15) is 19.2 Å². The third-order valence-corrected chi connectivity index (χ3v) is 3.94. The van der Waals surface area contributed by atoms with E-state index in [0.29, 0.717) is 0 Å². The lowest BCUT2D eigenvalue weighted by molar-refractivity contribution is -0.144. The number of esters is 2. The van der Waals surface area contributed by atoms with Crippen LogP contribution >= 0.6 is 0 Å². The Morgan fingerprint density at radius 1 is 0.962 bits per heavy atom. The summed E-state index contributed by atoms with van der Waals surface area (Å²) in [5.41, 5.74) is 1.27. The predicted molar refractivity (Wildman–Crippen MR) is 89.4 cm³/mol. The van der Waals surface area contributed by atoms with E-state index in [0.717, 1.165) is 10.5 Å². The highest BCUT2D eigenvalue weighted by molar-refractivity contribution is 6.21. The van der Waals surface area contributed by atoms with Crippen molar-refractivity contribution >= 4 is 23.8 Å². The van der Waals surface area contributed by atoms with Crippen molar-refractivity contribution in [2.75, 3.05) is 13.7 Å². The molecule has 0 saturated carbocycles. The fourth-order valence-electron chi connectivity index (χ4n) is 2.59. The van der Waals surface area contributed by atoms with Crippen molar-refractivity contribution in [3.8, 4) is 0 Å². The number of fused-ring (bicyclic) bond motifs is 1. The van der Waals surface area contributed by atoms with E-state index < -0.39 is 30.4 Å². The predicted octanol–water partition coefficient (Wildman–Crippen LogP) is 1.81. The van der Waals surface area contributed by atoms with Gasteiger partial charge in [-0.1, -0.05) is 30.3 Å². The first-order valence-electron chi connectivity index (χ1n) is 7.79. The zero-order valence-corrected chi connectivity index (χ0v) is 13.9. The van der Waals surface area contributed by atoms with Gasteiger partial charge in [0.05, 0.1) is 30.3 Å². The van der Waals surface area contributed by atoms with Gasteiger partial charge in [0.1, 0.15) is 0 Å². The van der Waals surface area contributed by atoms with Gasteiger partial charge in [0.15, 0.2) is 6.61 Å². The third kappa shape index (κ3) is 3.32. The largest absolute Gasteiger partial charge is 0.466 e. The van der Waals surface area contributed by atoms with Crippen LogP contribution in [0.25, 0.3) is 0 Å². The molecule has 2 amide bonds. The Morgan fingerprint density at radius 3 is 2.35 bits per heavy atom. The Hall–Kier alpha value is -3.48. The van der Waals surface area contributed by atoms with Crippen LogP contribution in [0.4, 0.5) is 0 Å². The Morgan fingerprint density at radius 2 is 1.65 bits per heavy atom. The molecule has 7 nitrogen and oxygen atoms in total. The van der Waals surface area contributed by atoms with Crippen molar-refractivity contribution in [1.29, 1.82) is 0 Å². The minimum Gasteiger partial charge on any atom is -0.466 e. The van der Waals surface area contributed by atoms with Crippen molar-refractivity contribution in [2.45, 2.75) is 6.54 Å². The van der Waals surface area contributed by atoms with E-state index in [1.54, 1.807) is 0 Å². The molecule has 1 aliphatic heterocycles. The second-order valence-electron chi connectivity index (χ2n) is 5.59. The highest BCUT2D eigenvalue weighted by atomic mass is 16.6. The lowest BCUT2D eigenvalue weighted by atomic mass is 10.1. The van der Waals surface area contributed by atoms with E-state index >= 15 is 0 Å². The maximum Gasteiger partial charge on any atom is 0.344 e. The van der Waals surface area contributed by atoms with Crippen LogP contribution in [0.2, 0.25) is 0 Å². The first kappa shape index (κ1) is 17.3. The topological polar surface area (TPSA) is 90.0 Å². The van der Waals surface area contributed by atoms with Gasteiger partial charge < -0.3 is 9.47 Å². The van der Waals surface area contributed by atoms with Crippen LogP contribution in [-0.4, -0.2) is 42.4 Å². The maximum atomic E-state index is 12.6. The standard InChI is InChI=1S/C19H15NO6/c1-25-16(21)11-26-19(24)13-7-8-14-15(9-13)18(23)20(17(14)22)10-12-5-3-2-4-6-12/h2-9H,10-11H2,1H3. The lowest BCUT2D eigenvalue weighted by Gasteiger charge is -2.13. The minimum atomic E-state index is -0.778. The number of hydrogen-bond acceptors (Lipinski definition) is 6. The average Bonchev–Trinajstić information content (AvgIpc) is 2.91. The molecule has 0 aliphatic carbocycles. The highest BCUT2D eigenvalue weighted by Crippen LogP contribution is 2.26. The van der Waals surface area contributed by atoms with Gasteiger partial charge in [0, 0.05) is 0 Å². The van der Waals surface area contributed by atoms with Gasteiger partial charge in [-0.15, -0.1) is 0 Å². The molecule has 2 aromatic rings. The summed E-state index contributed by atoms with van der Waals surface area (Å²) in [6.07, 6.45) is 0. The van der Waals surface area contributed by atoms with E-state index in [4.69, 9.17) is 4.74 Å². The zero-order chi connectivity index (χ0) is 18.7. The summed E-state index contributed by atoms with van der Waals surface area (Å²) in [7, 11) is 1.18. The third-order valence-electron chi connectivity index (χ3n) is 3.94. The molecule has 0 N–H and O–H groups in total. The second-order valence-corrected chi connectivity index (χ2v) is 5.59. The summed E-state index contributed by atoms with van der Waals surface area (Å²) in [6.45, 7) is -0.380. The molecule has 0 aromatic heterocycles. The number of methoxy groups -OCH3 is 1. The molecule has 132 valence electrons. The van der Waals surface area contributed by atoms with Crippen LogP contribution in [0.5, 0.6) is 0 Å². The molecule has 1 heterocycles. The molecule has 0 radical (unpaired) electrons. The summed E-state index contributed by atoms with van der Waals surface area (Å²) in [5.74, 6) is -2.36. The molecular weight excluding hydrogens is 338 g/mol. The zero-order valence-electron chi connectivity index (χ0n) is 13.9. The molecular formula is C19H15NO6. The maximum absolute atomic E-state index is 12.6. The molecule has 0 bridgehead atoms. The first-order chi connectivity index (χ1) is 12.5. The van der Waals surface area contributed by atoms with Crippen LogP contribution < -0.4 is 0 Å². The quantitative estimate of drug-likeness (QED) is 0.602. The number of hydrogen-bond donors (Lipinski definition) is 0. The Kier molecular flexibility index (Phi) is 4.79. The normalized spacial score (nSPS) is 12.7. The molecule has 0 unspecified atom stereocenters. The molecule has 26 heavy (non-hydrogen) atoms.